The molecule has 2 aromatic carbocycles. The van der Waals surface area contributed by atoms with Gasteiger partial charge in [0.05, 0.1) is 18.4 Å². The highest BCUT2D eigenvalue weighted by molar-refractivity contribution is 5.86. The van der Waals surface area contributed by atoms with E-state index in [9.17, 15) is 9.90 Å². The first-order valence-electron chi connectivity index (χ1n) is 7.64. The van der Waals surface area contributed by atoms with Gasteiger partial charge in [-0.15, -0.1) is 12.4 Å². The van der Waals surface area contributed by atoms with Gasteiger partial charge in [-0.05, 0) is 43.7 Å². The molecular formula is C19H20ClNO4. The summed E-state index contributed by atoms with van der Waals surface area (Å²) in [6, 6.07) is 10.9. The van der Waals surface area contributed by atoms with Crippen molar-refractivity contribution >= 4 is 29.1 Å². The van der Waals surface area contributed by atoms with Gasteiger partial charge >= 0.3 is 5.63 Å². The minimum atomic E-state index is -0.385. The van der Waals surface area contributed by atoms with Crippen molar-refractivity contribution in [2.24, 2.45) is 0 Å². The first kappa shape index (κ1) is 18.7. The Hall–Kier alpha value is -2.66. The number of aryl methyl sites for hydroxylation is 1. The first-order valence-corrected chi connectivity index (χ1v) is 7.64. The maximum absolute atomic E-state index is 12.0. The molecular weight excluding hydrogens is 342 g/mol. The zero-order valence-electron chi connectivity index (χ0n) is 14.3. The van der Waals surface area contributed by atoms with Crippen LogP contribution in [0.4, 0.5) is 5.69 Å². The molecule has 0 fully saturated rings. The molecule has 3 rings (SSSR count). The zero-order chi connectivity index (χ0) is 17.3. The van der Waals surface area contributed by atoms with E-state index in [0.717, 1.165) is 16.6 Å². The largest absolute Gasteiger partial charge is 0.507 e. The van der Waals surface area contributed by atoms with E-state index >= 15 is 0 Å². The number of rotatable bonds is 4. The van der Waals surface area contributed by atoms with Gasteiger partial charge in [-0.3, -0.25) is 0 Å². The third kappa shape index (κ3) is 3.42. The van der Waals surface area contributed by atoms with Gasteiger partial charge in [-0.2, -0.15) is 0 Å². The maximum atomic E-state index is 12.0. The van der Waals surface area contributed by atoms with Gasteiger partial charge in [-0.1, -0.05) is 12.1 Å². The molecule has 6 heteroatoms. The molecule has 0 saturated heterocycles. The lowest BCUT2D eigenvalue weighted by atomic mass is 10.0. The van der Waals surface area contributed by atoms with Crippen molar-refractivity contribution in [2.75, 3.05) is 12.4 Å². The van der Waals surface area contributed by atoms with Crippen molar-refractivity contribution < 1.29 is 14.3 Å². The fraction of sp³-hybridized carbons (Fsp3) is 0.211. The van der Waals surface area contributed by atoms with Crippen LogP contribution in [0.5, 0.6) is 11.5 Å². The van der Waals surface area contributed by atoms with Crippen LogP contribution in [0.2, 0.25) is 0 Å². The molecule has 25 heavy (non-hydrogen) atoms. The van der Waals surface area contributed by atoms with E-state index in [1.165, 1.54) is 0 Å². The predicted octanol–water partition coefficient (Wildman–Crippen LogP) is 4.16. The maximum Gasteiger partial charge on any atom is 0.339 e. The molecule has 1 aromatic heterocycles. The van der Waals surface area contributed by atoms with E-state index in [-0.39, 0.29) is 23.8 Å². The van der Waals surface area contributed by atoms with Crippen LogP contribution in [0, 0.1) is 13.8 Å². The van der Waals surface area contributed by atoms with Crippen molar-refractivity contribution in [1.29, 1.82) is 0 Å². The number of nitrogens with one attached hydrogen (secondary N) is 1. The molecule has 0 aliphatic carbocycles. The molecule has 1 heterocycles. The molecule has 0 bridgehead atoms. The molecule has 132 valence electrons. The summed E-state index contributed by atoms with van der Waals surface area (Å²) in [4.78, 5) is 12.0. The van der Waals surface area contributed by atoms with Gasteiger partial charge in [0.1, 0.15) is 17.1 Å². The Morgan fingerprint density at radius 1 is 1.12 bits per heavy atom. The van der Waals surface area contributed by atoms with Crippen LogP contribution in [0.15, 0.2) is 45.6 Å². The monoisotopic (exact) mass is 361 g/mol. The SMILES string of the molecule is COc1ccccc1NCc1c(O)ccc2c(C)c(C)c(=O)oc12.Cl. The number of phenols is 1. The fourth-order valence-electron chi connectivity index (χ4n) is 2.70. The van der Waals surface area contributed by atoms with Crippen molar-refractivity contribution in [3.8, 4) is 11.5 Å². The molecule has 0 unspecified atom stereocenters. The lowest BCUT2D eigenvalue weighted by Crippen LogP contribution is -2.08. The zero-order valence-corrected chi connectivity index (χ0v) is 15.1. The highest BCUT2D eigenvalue weighted by Crippen LogP contribution is 2.31. The summed E-state index contributed by atoms with van der Waals surface area (Å²) in [7, 11) is 1.60. The average molecular weight is 362 g/mol. The molecule has 0 aliphatic heterocycles. The summed E-state index contributed by atoms with van der Waals surface area (Å²) in [6.45, 7) is 3.91. The Morgan fingerprint density at radius 3 is 2.56 bits per heavy atom. The van der Waals surface area contributed by atoms with Gasteiger partial charge < -0.3 is 19.6 Å². The van der Waals surface area contributed by atoms with Crippen LogP contribution in [0.25, 0.3) is 11.0 Å². The van der Waals surface area contributed by atoms with Crippen molar-refractivity contribution in [3.63, 3.8) is 0 Å². The number of hydrogen-bond acceptors (Lipinski definition) is 5. The number of phenolic OH excluding ortho intramolecular Hbond substituents is 1. The van der Waals surface area contributed by atoms with Gasteiger partial charge in [0, 0.05) is 17.5 Å². The molecule has 3 aromatic rings. The average Bonchev–Trinajstić information content (AvgIpc) is 2.59. The van der Waals surface area contributed by atoms with E-state index in [4.69, 9.17) is 9.15 Å². The van der Waals surface area contributed by atoms with Crippen molar-refractivity contribution in [2.45, 2.75) is 20.4 Å². The quantitative estimate of drug-likeness (QED) is 0.683. The van der Waals surface area contributed by atoms with E-state index in [2.05, 4.69) is 5.32 Å². The van der Waals surface area contributed by atoms with Gasteiger partial charge in [-0.25, -0.2) is 4.79 Å². The Kier molecular flexibility index (Phi) is 5.59. The van der Waals surface area contributed by atoms with Crippen LogP contribution >= 0.6 is 12.4 Å². The number of aromatic hydroxyl groups is 1. The Balaban J connectivity index is 0.00000225. The molecule has 0 atom stereocenters. The fourth-order valence-corrected chi connectivity index (χ4v) is 2.70. The van der Waals surface area contributed by atoms with Crippen LogP contribution in [-0.4, -0.2) is 12.2 Å². The number of ether oxygens (including phenoxy) is 1. The predicted molar refractivity (Wildman–Crippen MR) is 101 cm³/mol. The number of hydrogen-bond donors (Lipinski definition) is 2. The number of methoxy groups -OCH3 is 1. The molecule has 0 aliphatic rings. The summed E-state index contributed by atoms with van der Waals surface area (Å²) in [5.74, 6) is 0.780. The Morgan fingerprint density at radius 2 is 1.84 bits per heavy atom. The molecule has 0 amide bonds. The third-order valence-corrected chi connectivity index (χ3v) is 4.27. The molecule has 0 saturated carbocycles. The van der Waals surface area contributed by atoms with Gasteiger partial charge in [0.25, 0.3) is 0 Å². The van der Waals surface area contributed by atoms with Crippen LogP contribution in [-0.2, 0) is 6.54 Å². The topological polar surface area (TPSA) is 71.7 Å². The highest BCUT2D eigenvalue weighted by Gasteiger charge is 2.15. The second-order valence-electron chi connectivity index (χ2n) is 5.63. The van der Waals surface area contributed by atoms with E-state index < -0.39 is 0 Å². The van der Waals surface area contributed by atoms with Gasteiger partial charge in [0.2, 0.25) is 0 Å². The van der Waals surface area contributed by atoms with E-state index in [1.807, 2.05) is 31.2 Å². The Bertz CT molecular complexity index is 966. The first-order chi connectivity index (χ1) is 11.5. The minimum absolute atomic E-state index is 0. The van der Waals surface area contributed by atoms with Crippen LogP contribution in [0.3, 0.4) is 0 Å². The van der Waals surface area contributed by atoms with Gasteiger partial charge in [0.15, 0.2) is 0 Å². The van der Waals surface area contributed by atoms with Crippen LogP contribution in [0.1, 0.15) is 16.7 Å². The summed E-state index contributed by atoms with van der Waals surface area (Å²) >= 11 is 0. The van der Waals surface area contributed by atoms with E-state index in [1.54, 1.807) is 26.2 Å². The van der Waals surface area contributed by atoms with Crippen molar-refractivity contribution in [1.82, 2.24) is 0 Å². The lowest BCUT2D eigenvalue weighted by Gasteiger charge is -2.14. The normalized spacial score (nSPS) is 10.4. The Labute approximate surface area is 151 Å². The molecule has 2 N–H and O–H groups in total. The molecule has 5 nitrogen and oxygen atoms in total. The summed E-state index contributed by atoms with van der Waals surface area (Å²) in [6.07, 6.45) is 0. The molecule has 0 spiro atoms. The van der Waals surface area contributed by atoms with Crippen LogP contribution < -0.4 is 15.7 Å². The van der Waals surface area contributed by atoms with E-state index in [0.29, 0.717) is 29.0 Å². The standard InChI is InChI=1S/C19H19NO4.ClH/c1-11-12(2)19(22)24-18-13(11)8-9-16(21)14(18)10-20-15-6-4-5-7-17(15)23-3;/h4-9,20-21H,10H2,1-3H3;1H. The highest BCUT2D eigenvalue weighted by atomic mass is 35.5. The lowest BCUT2D eigenvalue weighted by molar-refractivity contribution is 0.416. The minimum Gasteiger partial charge on any atom is -0.507 e. The molecule has 0 radical (unpaired) electrons. The number of benzene rings is 2. The summed E-state index contributed by atoms with van der Waals surface area (Å²) < 4.78 is 10.8. The number of halogens is 1. The second-order valence-corrected chi connectivity index (χ2v) is 5.63. The van der Waals surface area contributed by atoms with Crippen molar-refractivity contribution in [3.05, 3.63) is 63.5 Å². The number of fused-ring (bicyclic) bond motifs is 1. The second kappa shape index (κ2) is 7.49. The smallest absolute Gasteiger partial charge is 0.339 e. The number of para-hydroxylation sites is 2. The summed E-state index contributed by atoms with van der Waals surface area (Å²) in [5.41, 5.74) is 2.80. The number of anilines is 1. The third-order valence-electron chi connectivity index (χ3n) is 4.27. The summed E-state index contributed by atoms with van der Waals surface area (Å²) in [5, 5.41) is 14.3.